The Morgan fingerprint density at radius 1 is 1.58 bits per heavy atom. The van der Waals surface area contributed by atoms with E-state index in [1.165, 1.54) is 12.5 Å². The second kappa shape index (κ2) is 5.40. The fraction of sp³-hybridized carbons (Fsp3) is 0.462. The molecule has 0 amide bonds. The summed E-state index contributed by atoms with van der Waals surface area (Å²) in [6.45, 7) is 2.75. The molecular weight excluding hydrogens is 334 g/mol. The van der Waals surface area contributed by atoms with Crippen molar-refractivity contribution in [3.05, 3.63) is 32.8 Å². The third-order valence-corrected chi connectivity index (χ3v) is 4.25. The van der Waals surface area contributed by atoms with Crippen molar-refractivity contribution in [2.45, 2.75) is 25.5 Å². The number of aliphatic carboxylic acids is 1. The summed E-state index contributed by atoms with van der Waals surface area (Å²) >= 11 is 9.48. The standard InChI is InChI=1S/C13H15BrClNO3/c1-13(19,12(17)18)7-16-3-2-8-4-9(15)5-11(14)10(8)6-16/h4-5,19H,2-3,6-7H2,1H3,(H,17,18). The van der Waals surface area contributed by atoms with Crippen molar-refractivity contribution in [1.29, 1.82) is 0 Å². The third kappa shape index (κ3) is 3.28. The van der Waals surface area contributed by atoms with E-state index >= 15 is 0 Å². The fourth-order valence-corrected chi connectivity index (χ4v) is 3.28. The average molecular weight is 349 g/mol. The molecule has 4 nitrogen and oxygen atoms in total. The Kier molecular flexibility index (Phi) is 4.20. The zero-order valence-corrected chi connectivity index (χ0v) is 12.8. The van der Waals surface area contributed by atoms with Crippen molar-refractivity contribution in [2.24, 2.45) is 0 Å². The number of hydrogen-bond acceptors (Lipinski definition) is 3. The topological polar surface area (TPSA) is 60.8 Å². The molecule has 1 aromatic rings. The van der Waals surface area contributed by atoms with Crippen molar-refractivity contribution in [3.63, 3.8) is 0 Å². The lowest BCUT2D eigenvalue weighted by Gasteiger charge is -2.33. The van der Waals surface area contributed by atoms with Crippen LogP contribution in [0, 0.1) is 0 Å². The highest BCUT2D eigenvalue weighted by Crippen LogP contribution is 2.30. The van der Waals surface area contributed by atoms with Crippen LogP contribution in [-0.2, 0) is 17.8 Å². The summed E-state index contributed by atoms with van der Waals surface area (Å²) in [5.41, 5.74) is 0.554. The lowest BCUT2D eigenvalue weighted by molar-refractivity contribution is -0.158. The molecule has 0 radical (unpaired) electrons. The number of rotatable bonds is 3. The molecule has 0 saturated carbocycles. The van der Waals surface area contributed by atoms with Gasteiger partial charge in [-0.3, -0.25) is 4.90 Å². The molecule has 2 rings (SSSR count). The molecule has 0 fully saturated rings. The van der Waals surface area contributed by atoms with Crippen LogP contribution in [-0.4, -0.2) is 39.8 Å². The van der Waals surface area contributed by atoms with Crippen LogP contribution >= 0.6 is 27.5 Å². The van der Waals surface area contributed by atoms with Crippen molar-refractivity contribution in [2.75, 3.05) is 13.1 Å². The molecule has 1 aromatic carbocycles. The lowest BCUT2D eigenvalue weighted by atomic mass is 9.98. The van der Waals surface area contributed by atoms with E-state index in [-0.39, 0.29) is 6.54 Å². The molecule has 6 heteroatoms. The molecule has 1 atom stereocenters. The maximum absolute atomic E-state index is 10.9. The van der Waals surface area contributed by atoms with Gasteiger partial charge < -0.3 is 10.2 Å². The Bertz CT molecular complexity index is 519. The molecule has 1 aliphatic rings. The molecule has 19 heavy (non-hydrogen) atoms. The van der Waals surface area contributed by atoms with E-state index in [4.69, 9.17) is 16.7 Å². The minimum absolute atomic E-state index is 0.108. The van der Waals surface area contributed by atoms with Crippen molar-refractivity contribution in [3.8, 4) is 0 Å². The second-order valence-corrected chi connectivity index (χ2v) is 6.36. The molecule has 1 unspecified atom stereocenters. The first-order chi connectivity index (χ1) is 8.79. The van der Waals surface area contributed by atoms with Gasteiger partial charge in [0, 0.05) is 29.1 Å². The van der Waals surface area contributed by atoms with E-state index in [1.54, 1.807) is 0 Å². The molecule has 0 saturated heterocycles. The van der Waals surface area contributed by atoms with Crippen molar-refractivity contribution >= 4 is 33.5 Å². The number of carboxylic acids is 1. The van der Waals surface area contributed by atoms with E-state index in [2.05, 4.69) is 15.9 Å². The first kappa shape index (κ1) is 14.8. The van der Waals surface area contributed by atoms with Gasteiger partial charge in [-0.25, -0.2) is 4.79 Å². The lowest BCUT2D eigenvalue weighted by Crippen LogP contribution is -2.48. The van der Waals surface area contributed by atoms with Crippen LogP contribution in [0.15, 0.2) is 16.6 Å². The number of carboxylic acid groups (broad SMARTS) is 1. The number of carbonyl (C=O) groups is 1. The van der Waals surface area contributed by atoms with Crippen LogP contribution in [0.1, 0.15) is 18.1 Å². The molecule has 0 bridgehead atoms. The van der Waals surface area contributed by atoms with E-state index in [0.29, 0.717) is 18.1 Å². The summed E-state index contributed by atoms with van der Waals surface area (Å²) in [7, 11) is 0. The van der Waals surface area contributed by atoms with Crippen molar-refractivity contribution < 1.29 is 15.0 Å². The maximum Gasteiger partial charge on any atom is 0.336 e. The van der Waals surface area contributed by atoms with Gasteiger partial charge in [0.2, 0.25) is 0 Å². The first-order valence-electron chi connectivity index (χ1n) is 5.94. The van der Waals surface area contributed by atoms with Gasteiger partial charge in [0.25, 0.3) is 0 Å². The summed E-state index contributed by atoms with van der Waals surface area (Å²) in [5.74, 6) is -1.20. The molecule has 1 heterocycles. The summed E-state index contributed by atoms with van der Waals surface area (Å²) in [5, 5.41) is 19.5. The highest BCUT2D eigenvalue weighted by Gasteiger charge is 2.33. The van der Waals surface area contributed by atoms with E-state index < -0.39 is 11.6 Å². The Morgan fingerprint density at radius 2 is 2.26 bits per heavy atom. The van der Waals surface area contributed by atoms with Gasteiger partial charge in [0.05, 0.1) is 0 Å². The Morgan fingerprint density at radius 3 is 2.89 bits per heavy atom. The van der Waals surface area contributed by atoms with Crippen LogP contribution in [0.4, 0.5) is 0 Å². The average Bonchev–Trinajstić information content (AvgIpc) is 2.29. The summed E-state index contributed by atoms with van der Waals surface area (Å²) < 4.78 is 0.926. The first-order valence-corrected chi connectivity index (χ1v) is 7.11. The molecule has 0 aromatic heterocycles. The predicted octanol–water partition coefficient (Wildman–Crippen LogP) is 2.30. The molecule has 2 N–H and O–H groups in total. The minimum Gasteiger partial charge on any atom is -0.479 e. The molecule has 1 aliphatic heterocycles. The zero-order chi connectivity index (χ0) is 14.2. The number of hydrogen-bond donors (Lipinski definition) is 2. The number of aliphatic hydroxyl groups is 1. The van der Waals surface area contributed by atoms with E-state index in [1.807, 2.05) is 17.0 Å². The SMILES string of the molecule is CC(O)(CN1CCc2cc(Cl)cc(Br)c2C1)C(=O)O. The summed E-state index contributed by atoms with van der Waals surface area (Å²) in [4.78, 5) is 12.9. The second-order valence-electron chi connectivity index (χ2n) is 5.06. The normalized spacial score (nSPS) is 18.7. The highest BCUT2D eigenvalue weighted by molar-refractivity contribution is 9.10. The maximum atomic E-state index is 10.9. The number of halogens is 2. The van der Waals surface area contributed by atoms with Gasteiger partial charge in [-0.15, -0.1) is 0 Å². The zero-order valence-electron chi connectivity index (χ0n) is 10.5. The van der Waals surface area contributed by atoms with Gasteiger partial charge in [-0.2, -0.15) is 0 Å². The summed E-state index contributed by atoms with van der Waals surface area (Å²) in [6, 6.07) is 3.77. The number of benzene rings is 1. The van der Waals surface area contributed by atoms with Gasteiger partial charge in [0.15, 0.2) is 5.60 Å². The van der Waals surface area contributed by atoms with Crippen LogP contribution in [0.25, 0.3) is 0 Å². The number of β-amino-alcohol motifs (C(OH)–C–C–N with tert-alkyl or cyclic N) is 1. The third-order valence-electron chi connectivity index (χ3n) is 3.32. The van der Waals surface area contributed by atoms with Crippen LogP contribution in [0.5, 0.6) is 0 Å². The Balaban J connectivity index is 2.17. The van der Waals surface area contributed by atoms with Crippen LogP contribution in [0.2, 0.25) is 5.02 Å². The van der Waals surface area contributed by atoms with E-state index in [9.17, 15) is 9.90 Å². The van der Waals surface area contributed by atoms with Gasteiger partial charge >= 0.3 is 5.97 Å². The van der Waals surface area contributed by atoms with Crippen LogP contribution in [0.3, 0.4) is 0 Å². The molecule has 0 spiro atoms. The molecule has 0 aliphatic carbocycles. The largest absolute Gasteiger partial charge is 0.479 e. The fourth-order valence-electron chi connectivity index (χ4n) is 2.28. The van der Waals surface area contributed by atoms with Crippen molar-refractivity contribution in [1.82, 2.24) is 4.90 Å². The number of fused-ring (bicyclic) bond motifs is 1. The quantitative estimate of drug-likeness (QED) is 0.880. The Labute approximate surface area is 125 Å². The minimum atomic E-state index is -1.73. The van der Waals surface area contributed by atoms with Crippen LogP contribution < -0.4 is 0 Å². The van der Waals surface area contributed by atoms with Gasteiger partial charge in [-0.05, 0) is 36.6 Å². The Hall–Kier alpha value is -0.620. The smallest absolute Gasteiger partial charge is 0.336 e. The van der Waals surface area contributed by atoms with Gasteiger partial charge in [0.1, 0.15) is 0 Å². The summed E-state index contributed by atoms with van der Waals surface area (Å²) in [6.07, 6.45) is 0.796. The molecule has 104 valence electrons. The van der Waals surface area contributed by atoms with E-state index in [0.717, 1.165) is 16.5 Å². The monoisotopic (exact) mass is 347 g/mol. The van der Waals surface area contributed by atoms with Gasteiger partial charge in [-0.1, -0.05) is 27.5 Å². The highest BCUT2D eigenvalue weighted by atomic mass is 79.9. The number of nitrogens with zero attached hydrogens (tertiary/aromatic N) is 1. The molecular formula is C13H15BrClNO3. The predicted molar refractivity (Wildman–Crippen MR) is 76.4 cm³/mol.